The minimum absolute atomic E-state index is 0.144. The molecule has 126 valence electrons. The van der Waals surface area contributed by atoms with Crippen molar-refractivity contribution in [1.29, 1.82) is 0 Å². The van der Waals surface area contributed by atoms with Crippen molar-refractivity contribution < 1.29 is 24.4 Å². The quantitative estimate of drug-likeness (QED) is 0.309. The first-order valence-corrected chi connectivity index (χ1v) is 7.32. The van der Waals surface area contributed by atoms with Crippen molar-refractivity contribution in [1.82, 2.24) is 5.32 Å². The summed E-state index contributed by atoms with van der Waals surface area (Å²) in [6.45, 7) is 2.43. The fourth-order valence-corrected chi connectivity index (χ4v) is 1.91. The molecule has 0 saturated heterocycles. The summed E-state index contributed by atoms with van der Waals surface area (Å²) in [6.07, 6.45) is 1.16. The lowest BCUT2D eigenvalue weighted by atomic mass is 10.1. The van der Waals surface area contributed by atoms with Crippen molar-refractivity contribution in [2.24, 2.45) is 0 Å². The van der Waals surface area contributed by atoms with E-state index in [0.717, 1.165) is 6.07 Å². The Hall–Kier alpha value is -2.64. The Balaban J connectivity index is 2.31. The number of carbonyl (C=O) groups excluding carboxylic acids is 2. The molecule has 0 aromatic heterocycles. The van der Waals surface area contributed by atoms with Gasteiger partial charge in [-0.2, -0.15) is 0 Å². The Kier molecular flexibility index (Phi) is 7.52. The number of nitro groups is 1. The molecule has 0 heterocycles. The number of rotatable bonds is 9. The number of carbonyl (C=O) groups is 2. The van der Waals surface area contributed by atoms with Gasteiger partial charge in [-0.25, -0.2) is 0 Å². The Morgan fingerprint density at radius 2 is 2.09 bits per heavy atom. The van der Waals surface area contributed by atoms with E-state index in [-0.39, 0.29) is 42.6 Å². The Bertz CT molecular complexity index is 573. The van der Waals surface area contributed by atoms with Crippen LogP contribution in [-0.2, 0) is 20.7 Å². The van der Waals surface area contributed by atoms with E-state index in [4.69, 9.17) is 4.74 Å². The fourth-order valence-electron chi connectivity index (χ4n) is 1.91. The molecule has 8 heteroatoms. The first kappa shape index (κ1) is 18.4. The molecule has 0 radical (unpaired) electrons. The molecule has 1 amide bonds. The molecular weight excluding hydrogens is 304 g/mol. The molecule has 0 spiro atoms. The standard InChI is InChI=1S/C15H20N2O6/c1-2-23-15(20)4-3-9-16-14(19)8-6-11-5-7-12(17(21)22)10-13(11)18/h5,7,10,18H,2-4,6,8-9H2,1H3,(H,16,19). The van der Waals surface area contributed by atoms with Crippen molar-refractivity contribution in [3.8, 4) is 5.75 Å². The van der Waals surface area contributed by atoms with Crippen LogP contribution in [0.3, 0.4) is 0 Å². The van der Waals surface area contributed by atoms with E-state index in [9.17, 15) is 24.8 Å². The Morgan fingerprint density at radius 1 is 1.35 bits per heavy atom. The molecule has 8 nitrogen and oxygen atoms in total. The lowest BCUT2D eigenvalue weighted by molar-refractivity contribution is -0.384. The fraction of sp³-hybridized carbons (Fsp3) is 0.467. The molecule has 1 rings (SSSR count). The van der Waals surface area contributed by atoms with Gasteiger partial charge in [0.15, 0.2) is 0 Å². The maximum absolute atomic E-state index is 11.7. The second-order valence-electron chi connectivity index (χ2n) is 4.83. The minimum Gasteiger partial charge on any atom is -0.507 e. The number of ether oxygens (including phenoxy) is 1. The highest BCUT2D eigenvalue weighted by Gasteiger charge is 2.11. The molecule has 0 fully saturated rings. The van der Waals surface area contributed by atoms with Crippen LogP contribution in [0.2, 0.25) is 0 Å². The normalized spacial score (nSPS) is 10.1. The van der Waals surface area contributed by atoms with Gasteiger partial charge < -0.3 is 15.2 Å². The number of non-ortho nitro benzene ring substituents is 1. The van der Waals surface area contributed by atoms with Crippen LogP contribution in [0.25, 0.3) is 0 Å². The van der Waals surface area contributed by atoms with Gasteiger partial charge in [0.25, 0.3) is 5.69 Å². The molecule has 1 aromatic carbocycles. The molecule has 0 saturated carbocycles. The topological polar surface area (TPSA) is 119 Å². The number of hydrogen-bond donors (Lipinski definition) is 2. The minimum atomic E-state index is -0.597. The van der Waals surface area contributed by atoms with Crippen LogP contribution in [0.4, 0.5) is 5.69 Å². The highest BCUT2D eigenvalue weighted by molar-refractivity contribution is 5.76. The molecule has 0 aliphatic rings. The van der Waals surface area contributed by atoms with Gasteiger partial charge in [-0.3, -0.25) is 19.7 Å². The monoisotopic (exact) mass is 324 g/mol. The van der Waals surface area contributed by atoms with E-state index >= 15 is 0 Å². The predicted octanol–water partition coefficient (Wildman–Crippen LogP) is 1.69. The van der Waals surface area contributed by atoms with Crippen molar-refractivity contribution in [3.63, 3.8) is 0 Å². The summed E-state index contributed by atoms with van der Waals surface area (Å²) in [4.78, 5) is 32.7. The number of nitrogens with one attached hydrogen (secondary N) is 1. The number of esters is 1. The summed E-state index contributed by atoms with van der Waals surface area (Å²) < 4.78 is 4.77. The number of phenols is 1. The predicted molar refractivity (Wildman–Crippen MR) is 82.0 cm³/mol. The van der Waals surface area contributed by atoms with E-state index in [1.54, 1.807) is 6.92 Å². The molecule has 2 N–H and O–H groups in total. The van der Waals surface area contributed by atoms with E-state index in [1.165, 1.54) is 12.1 Å². The van der Waals surface area contributed by atoms with Crippen LogP contribution < -0.4 is 5.32 Å². The third-order valence-electron chi connectivity index (χ3n) is 3.09. The number of amides is 1. The van der Waals surface area contributed by atoms with Crippen LogP contribution in [0.15, 0.2) is 18.2 Å². The van der Waals surface area contributed by atoms with E-state index < -0.39 is 4.92 Å². The average Bonchev–Trinajstić information content (AvgIpc) is 2.50. The number of benzene rings is 1. The maximum Gasteiger partial charge on any atom is 0.305 e. The summed E-state index contributed by atoms with van der Waals surface area (Å²) >= 11 is 0. The van der Waals surface area contributed by atoms with Gasteiger partial charge in [-0.05, 0) is 31.4 Å². The molecule has 0 aliphatic heterocycles. The average molecular weight is 324 g/mol. The Labute approximate surface area is 133 Å². The molecule has 0 aliphatic carbocycles. The second kappa shape index (κ2) is 9.39. The van der Waals surface area contributed by atoms with Crippen molar-refractivity contribution in [2.75, 3.05) is 13.2 Å². The number of aromatic hydroxyl groups is 1. The summed E-state index contributed by atoms with van der Waals surface area (Å²) in [5.41, 5.74) is 0.270. The number of aryl methyl sites for hydroxylation is 1. The first-order valence-electron chi connectivity index (χ1n) is 7.32. The van der Waals surface area contributed by atoms with Gasteiger partial charge >= 0.3 is 5.97 Å². The summed E-state index contributed by atoms with van der Waals surface area (Å²) in [6, 6.07) is 3.78. The number of hydrogen-bond acceptors (Lipinski definition) is 6. The zero-order valence-corrected chi connectivity index (χ0v) is 12.9. The van der Waals surface area contributed by atoms with Crippen molar-refractivity contribution >= 4 is 17.6 Å². The summed E-state index contributed by atoms with van der Waals surface area (Å²) in [5.74, 6) is -0.710. The molecular formula is C15H20N2O6. The molecule has 0 atom stereocenters. The second-order valence-corrected chi connectivity index (χ2v) is 4.83. The van der Waals surface area contributed by atoms with Gasteiger partial charge in [-0.1, -0.05) is 0 Å². The molecule has 0 bridgehead atoms. The van der Waals surface area contributed by atoms with Crippen LogP contribution in [0.1, 0.15) is 31.7 Å². The van der Waals surface area contributed by atoms with Crippen LogP contribution in [-0.4, -0.2) is 35.1 Å². The van der Waals surface area contributed by atoms with Crippen LogP contribution >= 0.6 is 0 Å². The van der Waals surface area contributed by atoms with Gasteiger partial charge in [0, 0.05) is 25.5 Å². The highest BCUT2D eigenvalue weighted by atomic mass is 16.6. The molecule has 23 heavy (non-hydrogen) atoms. The number of nitrogens with zero attached hydrogens (tertiary/aromatic N) is 1. The van der Waals surface area contributed by atoms with Gasteiger partial charge in [0.2, 0.25) is 5.91 Å². The third kappa shape index (κ3) is 6.77. The van der Waals surface area contributed by atoms with Crippen molar-refractivity contribution in [3.05, 3.63) is 33.9 Å². The lowest BCUT2D eigenvalue weighted by Crippen LogP contribution is -2.25. The first-order chi connectivity index (χ1) is 10.9. The van der Waals surface area contributed by atoms with Crippen molar-refractivity contribution in [2.45, 2.75) is 32.6 Å². The molecule has 0 unspecified atom stereocenters. The largest absolute Gasteiger partial charge is 0.507 e. The van der Waals surface area contributed by atoms with E-state index in [1.807, 2.05) is 0 Å². The third-order valence-corrected chi connectivity index (χ3v) is 3.09. The SMILES string of the molecule is CCOC(=O)CCCNC(=O)CCc1ccc([N+](=O)[O-])cc1O. The number of nitro benzene ring substituents is 1. The van der Waals surface area contributed by atoms with Crippen LogP contribution in [0, 0.1) is 10.1 Å². The zero-order chi connectivity index (χ0) is 17.2. The summed E-state index contributed by atoms with van der Waals surface area (Å²) in [7, 11) is 0. The smallest absolute Gasteiger partial charge is 0.305 e. The summed E-state index contributed by atoms with van der Waals surface area (Å²) in [5, 5.41) is 22.9. The number of phenolic OH excluding ortho intramolecular Hbond substituents is 1. The zero-order valence-electron chi connectivity index (χ0n) is 12.9. The highest BCUT2D eigenvalue weighted by Crippen LogP contribution is 2.24. The lowest BCUT2D eigenvalue weighted by Gasteiger charge is -2.06. The van der Waals surface area contributed by atoms with Gasteiger partial charge in [0.1, 0.15) is 5.75 Å². The van der Waals surface area contributed by atoms with Gasteiger partial charge in [0.05, 0.1) is 17.6 Å². The molecule has 1 aromatic rings. The van der Waals surface area contributed by atoms with Gasteiger partial charge in [-0.15, -0.1) is 0 Å². The Morgan fingerprint density at radius 3 is 2.70 bits per heavy atom. The van der Waals surface area contributed by atoms with E-state index in [0.29, 0.717) is 25.1 Å². The van der Waals surface area contributed by atoms with E-state index in [2.05, 4.69) is 5.32 Å². The maximum atomic E-state index is 11.7. The van der Waals surface area contributed by atoms with Crippen LogP contribution in [0.5, 0.6) is 5.75 Å².